The van der Waals surface area contributed by atoms with E-state index in [2.05, 4.69) is 43.0 Å². The van der Waals surface area contributed by atoms with Crippen LogP contribution in [-0.4, -0.2) is 24.8 Å². The van der Waals surface area contributed by atoms with E-state index in [1.165, 1.54) is 5.69 Å². The van der Waals surface area contributed by atoms with Crippen LogP contribution in [0.4, 0.5) is 5.69 Å². The summed E-state index contributed by atoms with van der Waals surface area (Å²) in [4.78, 5) is 2.31. The number of nitrogens with two attached hydrogens (primary N) is 1. The first-order valence-corrected chi connectivity index (χ1v) is 6.44. The fourth-order valence-corrected chi connectivity index (χ4v) is 2.00. The molecule has 0 bridgehead atoms. The smallest absolute Gasteiger partial charge is 0.0431 e. The Morgan fingerprint density at radius 3 is 2.24 bits per heavy atom. The van der Waals surface area contributed by atoms with Crippen molar-refractivity contribution in [1.82, 2.24) is 0 Å². The van der Waals surface area contributed by atoms with Crippen molar-refractivity contribution in [3.8, 4) is 0 Å². The number of hydrogen-bond donors (Lipinski definition) is 2. The molecule has 0 aliphatic rings. The largest absolute Gasteiger partial charge is 0.396 e. The van der Waals surface area contributed by atoms with E-state index in [0.717, 1.165) is 31.5 Å². The second-order valence-corrected chi connectivity index (χ2v) is 4.24. The Labute approximate surface area is 104 Å². The lowest BCUT2D eigenvalue weighted by atomic mass is 10.0. The van der Waals surface area contributed by atoms with Gasteiger partial charge in [0, 0.05) is 31.4 Å². The summed E-state index contributed by atoms with van der Waals surface area (Å²) in [6.45, 7) is 6.57. The van der Waals surface area contributed by atoms with Gasteiger partial charge in [-0.3, -0.25) is 0 Å². The van der Waals surface area contributed by atoms with Crippen molar-refractivity contribution in [1.29, 1.82) is 0 Å². The molecule has 0 saturated carbocycles. The number of rotatable bonds is 7. The molecule has 1 aromatic rings. The number of aliphatic hydroxyl groups excluding tert-OH is 1. The molecule has 3 N–H and O–H groups in total. The summed E-state index contributed by atoms with van der Waals surface area (Å²) in [6.07, 6.45) is 1.60. The minimum atomic E-state index is 0.0351. The molecule has 17 heavy (non-hydrogen) atoms. The molecule has 3 nitrogen and oxygen atoms in total. The highest BCUT2D eigenvalue weighted by Gasteiger charge is 2.06. The zero-order valence-electron chi connectivity index (χ0n) is 10.9. The highest BCUT2D eigenvalue weighted by atomic mass is 16.2. The molecular formula is C14H24N2O. The fourth-order valence-electron chi connectivity index (χ4n) is 2.00. The third kappa shape index (κ3) is 4.02. The van der Waals surface area contributed by atoms with E-state index in [0.29, 0.717) is 0 Å². The molecular weight excluding hydrogens is 212 g/mol. The van der Waals surface area contributed by atoms with Gasteiger partial charge >= 0.3 is 0 Å². The monoisotopic (exact) mass is 236 g/mol. The second-order valence-electron chi connectivity index (χ2n) is 4.24. The van der Waals surface area contributed by atoms with Gasteiger partial charge in [0.25, 0.3) is 0 Å². The van der Waals surface area contributed by atoms with Crippen LogP contribution in [0.3, 0.4) is 0 Å². The molecule has 0 heterocycles. The molecule has 0 aliphatic heterocycles. The number of anilines is 1. The van der Waals surface area contributed by atoms with E-state index in [9.17, 15) is 0 Å². The number of aliphatic hydroxyl groups is 1. The summed E-state index contributed by atoms with van der Waals surface area (Å²) in [6, 6.07) is 8.47. The third-order valence-corrected chi connectivity index (χ3v) is 3.12. The maximum atomic E-state index is 8.78. The maximum Gasteiger partial charge on any atom is 0.0431 e. The lowest BCUT2D eigenvalue weighted by Gasteiger charge is -2.21. The van der Waals surface area contributed by atoms with Crippen molar-refractivity contribution in [2.24, 2.45) is 5.73 Å². The summed E-state index contributed by atoms with van der Waals surface area (Å²) in [7, 11) is 0. The van der Waals surface area contributed by atoms with Gasteiger partial charge in [-0.1, -0.05) is 12.1 Å². The second kappa shape index (κ2) is 7.30. The average Bonchev–Trinajstić information content (AvgIpc) is 2.38. The van der Waals surface area contributed by atoms with E-state index < -0.39 is 0 Å². The van der Waals surface area contributed by atoms with E-state index in [1.54, 1.807) is 0 Å². The van der Waals surface area contributed by atoms with Gasteiger partial charge in [-0.2, -0.15) is 0 Å². The minimum Gasteiger partial charge on any atom is -0.396 e. The summed E-state index contributed by atoms with van der Waals surface area (Å²) < 4.78 is 0. The highest BCUT2D eigenvalue weighted by Crippen LogP contribution is 2.20. The predicted octanol–water partition coefficient (Wildman–Crippen LogP) is 2.31. The predicted molar refractivity (Wildman–Crippen MR) is 73.3 cm³/mol. The molecule has 0 fully saturated rings. The zero-order valence-corrected chi connectivity index (χ0v) is 10.9. The highest BCUT2D eigenvalue weighted by molar-refractivity contribution is 5.47. The van der Waals surface area contributed by atoms with E-state index in [1.807, 2.05) is 0 Å². The Balaban J connectivity index is 2.66. The van der Waals surface area contributed by atoms with Gasteiger partial charge in [0.2, 0.25) is 0 Å². The van der Waals surface area contributed by atoms with Crippen molar-refractivity contribution in [3.63, 3.8) is 0 Å². The summed E-state index contributed by atoms with van der Waals surface area (Å²) >= 11 is 0. The fraction of sp³-hybridized carbons (Fsp3) is 0.571. The molecule has 0 saturated heterocycles. The van der Waals surface area contributed by atoms with Gasteiger partial charge in [-0.25, -0.2) is 0 Å². The van der Waals surface area contributed by atoms with Crippen LogP contribution < -0.4 is 10.6 Å². The Bertz CT molecular complexity index is 307. The van der Waals surface area contributed by atoms with Crippen LogP contribution in [0, 0.1) is 0 Å². The molecule has 1 atom stereocenters. The molecule has 0 aromatic heterocycles. The van der Waals surface area contributed by atoms with E-state index >= 15 is 0 Å². The standard InChI is InChI=1S/C14H24N2O/c1-3-16(4-2)13-9-7-12(8-10-13)14(15)6-5-11-17/h7-10,14,17H,3-6,11,15H2,1-2H3/t14-/m1/s1. The number of nitrogens with zero attached hydrogens (tertiary/aromatic N) is 1. The molecule has 0 spiro atoms. The van der Waals surface area contributed by atoms with Crippen LogP contribution in [0.1, 0.15) is 38.3 Å². The normalized spacial score (nSPS) is 12.5. The SMILES string of the molecule is CCN(CC)c1ccc([C@H](N)CCCO)cc1. The van der Waals surface area contributed by atoms with Gasteiger partial charge in [0.15, 0.2) is 0 Å². The van der Waals surface area contributed by atoms with E-state index in [4.69, 9.17) is 10.8 Å². The van der Waals surface area contributed by atoms with Crippen LogP contribution in [0.2, 0.25) is 0 Å². The first kappa shape index (κ1) is 14.0. The first-order valence-electron chi connectivity index (χ1n) is 6.44. The van der Waals surface area contributed by atoms with Gasteiger partial charge in [0.05, 0.1) is 0 Å². The molecule has 3 heteroatoms. The Morgan fingerprint density at radius 2 is 1.76 bits per heavy atom. The van der Waals surface area contributed by atoms with Gasteiger partial charge in [-0.15, -0.1) is 0 Å². The maximum absolute atomic E-state index is 8.78. The first-order chi connectivity index (χ1) is 8.22. The Hall–Kier alpha value is -1.06. The Morgan fingerprint density at radius 1 is 1.18 bits per heavy atom. The molecule has 1 rings (SSSR count). The van der Waals surface area contributed by atoms with Crippen LogP contribution >= 0.6 is 0 Å². The lowest BCUT2D eigenvalue weighted by molar-refractivity contribution is 0.280. The molecule has 1 aromatic carbocycles. The average molecular weight is 236 g/mol. The molecule has 96 valence electrons. The number of benzene rings is 1. The lowest BCUT2D eigenvalue weighted by Crippen LogP contribution is -2.21. The molecule has 0 unspecified atom stereocenters. The summed E-state index contributed by atoms with van der Waals surface area (Å²) in [5, 5.41) is 8.78. The third-order valence-electron chi connectivity index (χ3n) is 3.12. The Kier molecular flexibility index (Phi) is 6.01. The zero-order chi connectivity index (χ0) is 12.7. The quantitative estimate of drug-likeness (QED) is 0.763. The van der Waals surface area contributed by atoms with Crippen LogP contribution in [0.5, 0.6) is 0 Å². The van der Waals surface area contributed by atoms with Crippen molar-refractivity contribution in [3.05, 3.63) is 29.8 Å². The van der Waals surface area contributed by atoms with Crippen LogP contribution in [-0.2, 0) is 0 Å². The van der Waals surface area contributed by atoms with Crippen LogP contribution in [0.15, 0.2) is 24.3 Å². The van der Waals surface area contributed by atoms with Gasteiger partial charge in [-0.05, 0) is 44.4 Å². The van der Waals surface area contributed by atoms with Crippen molar-refractivity contribution >= 4 is 5.69 Å². The molecule has 0 radical (unpaired) electrons. The number of hydrogen-bond acceptors (Lipinski definition) is 3. The van der Waals surface area contributed by atoms with Crippen molar-refractivity contribution in [2.45, 2.75) is 32.7 Å². The topological polar surface area (TPSA) is 49.5 Å². The molecule has 0 aliphatic carbocycles. The van der Waals surface area contributed by atoms with E-state index in [-0.39, 0.29) is 12.6 Å². The minimum absolute atomic E-state index is 0.0351. The van der Waals surface area contributed by atoms with Gasteiger partial charge in [0.1, 0.15) is 0 Å². The van der Waals surface area contributed by atoms with Crippen molar-refractivity contribution < 1.29 is 5.11 Å². The summed E-state index contributed by atoms with van der Waals surface area (Å²) in [5.41, 5.74) is 8.44. The van der Waals surface area contributed by atoms with Crippen LogP contribution in [0.25, 0.3) is 0 Å². The summed E-state index contributed by atoms with van der Waals surface area (Å²) in [5.74, 6) is 0. The molecule has 0 amide bonds. The van der Waals surface area contributed by atoms with Crippen molar-refractivity contribution in [2.75, 3.05) is 24.6 Å². The van der Waals surface area contributed by atoms with Gasteiger partial charge < -0.3 is 15.7 Å².